The number of nitrogens with one attached hydrogen (secondary N) is 1. The lowest BCUT2D eigenvalue weighted by molar-refractivity contribution is -0.121. The molecule has 2 aromatic rings. The molecule has 0 radical (unpaired) electrons. The van der Waals surface area contributed by atoms with Crippen LogP contribution in [0.1, 0.15) is 55.1 Å². The van der Waals surface area contributed by atoms with Crippen LogP contribution in [0.25, 0.3) is 0 Å². The average molecular weight is 396 g/mol. The number of aromatic nitrogens is 3. The Bertz CT molecular complexity index is 821. The molecule has 154 valence electrons. The minimum atomic E-state index is -0.0100. The molecule has 4 rings (SSSR count). The molecule has 1 aliphatic carbocycles. The van der Waals surface area contributed by atoms with Gasteiger partial charge in [0.05, 0.1) is 11.7 Å². The molecule has 1 atom stereocenters. The third-order valence-electron chi connectivity index (χ3n) is 5.99. The largest absolute Gasteiger partial charge is 0.396 e. The van der Waals surface area contributed by atoms with Gasteiger partial charge in [-0.3, -0.25) is 9.78 Å². The van der Waals surface area contributed by atoms with Crippen LogP contribution in [-0.4, -0.2) is 45.7 Å². The fourth-order valence-electron chi connectivity index (χ4n) is 4.21. The lowest BCUT2D eigenvalue weighted by atomic mass is 9.92. The number of carbonyl (C=O) groups excluding carboxylic acids is 1. The average Bonchev–Trinajstić information content (AvgIpc) is 2.78. The van der Waals surface area contributed by atoms with Crippen LogP contribution in [0, 0.1) is 5.92 Å². The van der Waals surface area contributed by atoms with Crippen molar-refractivity contribution in [3.63, 3.8) is 0 Å². The van der Waals surface area contributed by atoms with Crippen molar-refractivity contribution in [1.82, 2.24) is 20.3 Å². The van der Waals surface area contributed by atoms with Gasteiger partial charge in [0.25, 0.3) is 0 Å². The Labute approximate surface area is 171 Å². The minimum Gasteiger partial charge on any atom is -0.396 e. The second kappa shape index (κ2) is 9.31. The SMILES string of the molecule is O=C(CCc1ccccn1)NC1CCCc2nc(N3CCC(CO)CC3)ncc21. The van der Waals surface area contributed by atoms with E-state index in [1.165, 1.54) is 0 Å². The molecule has 1 aliphatic heterocycles. The van der Waals surface area contributed by atoms with E-state index in [2.05, 4.69) is 20.2 Å². The molecule has 1 fully saturated rings. The Kier molecular flexibility index (Phi) is 6.34. The van der Waals surface area contributed by atoms with Crippen LogP contribution >= 0.6 is 0 Å². The van der Waals surface area contributed by atoms with Crippen molar-refractivity contribution in [2.45, 2.75) is 51.0 Å². The second-order valence-electron chi connectivity index (χ2n) is 8.02. The maximum absolute atomic E-state index is 12.5. The lowest BCUT2D eigenvalue weighted by Crippen LogP contribution is -2.36. The maximum Gasteiger partial charge on any atom is 0.225 e. The first-order chi connectivity index (χ1) is 14.2. The zero-order valence-electron chi connectivity index (χ0n) is 16.8. The molecule has 2 aromatic heterocycles. The highest BCUT2D eigenvalue weighted by Crippen LogP contribution is 2.30. The molecule has 7 heteroatoms. The fraction of sp³-hybridized carbons (Fsp3) is 0.545. The number of fused-ring (bicyclic) bond motifs is 1. The zero-order valence-corrected chi connectivity index (χ0v) is 16.8. The number of hydrogen-bond acceptors (Lipinski definition) is 6. The van der Waals surface area contributed by atoms with Crippen molar-refractivity contribution < 1.29 is 9.90 Å². The minimum absolute atomic E-state index is 0.0100. The predicted molar refractivity (Wildman–Crippen MR) is 110 cm³/mol. The summed E-state index contributed by atoms with van der Waals surface area (Å²) in [7, 11) is 0. The standard InChI is InChI=1S/C22H29N5O2/c28-15-16-9-12-27(13-10-16)22-24-14-18-19(5-3-6-20(18)26-22)25-21(29)8-7-17-4-1-2-11-23-17/h1-2,4,11,14,16,19,28H,3,5-10,12-13,15H2,(H,25,29). The molecule has 1 unspecified atom stereocenters. The smallest absolute Gasteiger partial charge is 0.225 e. The number of carbonyl (C=O) groups is 1. The number of amides is 1. The summed E-state index contributed by atoms with van der Waals surface area (Å²) in [6.45, 7) is 2.04. The van der Waals surface area contributed by atoms with Crippen LogP contribution in [0.3, 0.4) is 0 Å². The van der Waals surface area contributed by atoms with E-state index in [-0.39, 0.29) is 18.6 Å². The van der Waals surface area contributed by atoms with Gasteiger partial charge < -0.3 is 15.3 Å². The first kappa shape index (κ1) is 19.8. The Hall–Kier alpha value is -2.54. The molecule has 3 heterocycles. The van der Waals surface area contributed by atoms with Crippen molar-refractivity contribution in [3.8, 4) is 0 Å². The molecule has 29 heavy (non-hydrogen) atoms. The van der Waals surface area contributed by atoms with Crippen LogP contribution < -0.4 is 10.2 Å². The van der Waals surface area contributed by atoms with Crippen LogP contribution in [0.2, 0.25) is 0 Å². The van der Waals surface area contributed by atoms with Gasteiger partial charge in [0.2, 0.25) is 11.9 Å². The van der Waals surface area contributed by atoms with Crippen LogP contribution in [-0.2, 0) is 17.6 Å². The van der Waals surface area contributed by atoms with Crippen molar-refractivity contribution >= 4 is 11.9 Å². The van der Waals surface area contributed by atoms with Crippen LogP contribution in [0.5, 0.6) is 0 Å². The van der Waals surface area contributed by atoms with E-state index in [9.17, 15) is 9.90 Å². The number of hydrogen-bond donors (Lipinski definition) is 2. The van der Waals surface area contributed by atoms with Crippen molar-refractivity contribution in [2.75, 3.05) is 24.6 Å². The van der Waals surface area contributed by atoms with Crippen molar-refractivity contribution in [3.05, 3.63) is 47.5 Å². The van der Waals surface area contributed by atoms with Gasteiger partial charge in [0, 0.05) is 49.8 Å². The number of nitrogens with zero attached hydrogens (tertiary/aromatic N) is 4. The van der Waals surface area contributed by atoms with Gasteiger partial charge in [-0.2, -0.15) is 0 Å². The summed E-state index contributed by atoms with van der Waals surface area (Å²) in [5.41, 5.74) is 3.04. The Balaban J connectivity index is 1.37. The third-order valence-corrected chi connectivity index (χ3v) is 5.99. The topological polar surface area (TPSA) is 91.2 Å². The van der Waals surface area contributed by atoms with Crippen LogP contribution in [0.15, 0.2) is 30.6 Å². The first-order valence-electron chi connectivity index (χ1n) is 10.6. The number of pyridine rings is 1. The molecule has 1 amide bonds. The van der Waals surface area contributed by atoms with E-state index in [4.69, 9.17) is 4.98 Å². The zero-order chi connectivity index (χ0) is 20.1. The highest BCUT2D eigenvalue weighted by atomic mass is 16.3. The van der Waals surface area contributed by atoms with E-state index in [1.54, 1.807) is 6.20 Å². The molecule has 0 aromatic carbocycles. The number of aryl methyl sites for hydroxylation is 2. The van der Waals surface area contributed by atoms with Crippen LogP contribution in [0.4, 0.5) is 5.95 Å². The van der Waals surface area contributed by atoms with E-state index >= 15 is 0 Å². The van der Waals surface area contributed by atoms with Gasteiger partial charge >= 0.3 is 0 Å². The molecule has 2 N–H and O–H groups in total. The Morgan fingerprint density at radius 2 is 2.07 bits per heavy atom. The summed E-state index contributed by atoms with van der Waals surface area (Å²) < 4.78 is 0. The molecule has 1 saturated heterocycles. The third kappa shape index (κ3) is 4.90. The summed E-state index contributed by atoms with van der Waals surface area (Å²) in [4.78, 5) is 28.4. The molecular formula is C22H29N5O2. The Morgan fingerprint density at radius 3 is 2.83 bits per heavy atom. The summed E-state index contributed by atoms with van der Waals surface area (Å²) in [6.07, 6.45) is 9.56. The van der Waals surface area contributed by atoms with Crippen molar-refractivity contribution in [1.29, 1.82) is 0 Å². The fourth-order valence-corrected chi connectivity index (χ4v) is 4.21. The first-order valence-corrected chi connectivity index (χ1v) is 10.6. The summed E-state index contributed by atoms with van der Waals surface area (Å²) in [5, 5.41) is 12.5. The Morgan fingerprint density at radius 1 is 1.21 bits per heavy atom. The molecule has 0 bridgehead atoms. The number of piperidine rings is 1. The van der Waals surface area contributed by atoms with Gasteiger partial charge in [-0.1, -0.05) is 6.07 Å². The number of anilines is 1. The van der Waals surface area contributed by atoms with Gasteiger partial charge in [-0.05, 0) is 56.6 Å². The van der Waals surface area contributed by atoms with Gasteiger partial charge in [-0.25, -0.2) is 9.97 Å². The lowest BCUT2D eigenvalue weighted by Gasteiger charge is -2.32. The number of rotatable bonds is 6. The molecule has 0 saturated carbocycles. The highest BCUT2D eigenvalue weighted by Gasteiger charge is 2.26. The number of aliphatic hydroxyl groups is 1. The molecule has 2 aliphatic rings. The monoisotopic (exact) mass is 395 g/mol. The maximum atomic E-state index is 12.5. The second-order valence-corrected chi connectivity index (χ2v) is 8.02. The molecular weight excluding hydrogens is 366 g/mol. The normalized spacial score (nSPS) is 19.6. The van der Waals surface area contributed by atoms with Gasteiger partial charge in [0.1, 0.15) is 0 Å². The predicted octanol–water partition coefficient (Wildman–Crippen LogP) is 2.21. The van der Waals surface area contributed by atoms with E-state index in [0.29, 0.717) is 18.8 Å². The quantitative estimate of drug-likeness (QED) is 0.779. The van der Waals surface area contributed by atoms with E-state index < -0.39 is 0 Å². The summed E-state index contributed by atoms with van der Waals surface area (Å²) in [5.74, 6) is 1.22. The van der Waals surface area contributed by atoms with Gasteiger partial charge in [-0.15, -0.1) is 0 Å². The van der Waals surface area contributed by atoms with E-state index in [1.807, 2.05) is 24.4 Å². The summed E-state index contributed by atoms with van der Waals surface area (Å²) >= 11 is 0. The number of aliphatic hydroxyl groups excluding tert-OH is 1. The highest BCUT2D eigenvalue weighted by molar-refractivity contribution is 5.76. The van der Waals surface area contributed by atoms with Crippen molar-refractivity contribution in [2.24, 2.45) is 5.92 Å². The van der Waals surface area contributed by atoms with E-state index in [0.717, 1.165) is 68.1 Å². The molecule has 0 spiro atoms. The summed E-state index contributed by atoms with van der Waals surface area (Å²) in [6, 6.07) is 5.76. The molecule has 7 nitrogen and oxygen atoms in total. The van der Waals surface area contributed by atoms with Gasteiger partial charge in [0.15, 0.2) is 0 Å².